The van der Waals surface area contributed by atoms with E-state index < -0.39 is 11.9 Å². The van der Waals surface area contributed by atoms with Gasteiger partial charge in [0.05, 0.1) is 5.92 Å². The van der Waals surface area contributed by atoms with E-state index in [1.54, 1.807) is 23.1 Å². The summed E-state index contributed by atoms with van der Waals surface area (Å²) in [6, 6.07) is 7.07. The number of amides is 1. The summed E-state index contributed by atoms with van der Waals surface area (Å²) >= 11 is 0. The Morgan fingerprint density at radius 3 is 2.81 bits per heavy atom. The van der Waals surface area contributed by atoms with Gasteiger partial charge in [-0.2, -0.15) is 4.98 Å². The number of carboxylic acids is 1. The van der Waals surface area contributed by atoms with Gasteiger partial charge in [-0.3, -0.25) is 9.59 Å². The Hall–Kier alpha value is -2.70. The maximum Gasteiger partial charge on any atom is 0.308 e. The number of carbonyl (C=O) groups is 2. The molecule has 7 heteroatoms. The fourth-order valence-electron chi connectivity index (χ4n) is 3.23. The van der Waals surface area contributed by atoms with Crippen LogP contribution in [-0.4, -0.2) is 45.1 Å². The first-order chi connectivity index (χ1) is 12.7. The van der Waals surface area contributed by atoms with Crippen molar-refractivity contribution in [1.82, 2.24) is 15.0 Å². The molecule has 0 spiro atoms. The highest BCUT2D eigenvalue weighted by Gasteiger charge is 2.29. The Kier molecular flexibility index (Phi) is 5.30. The summed E-state index contributed by atoms with van der Waals surface area (Å²) in [5, 5.41) is 13.2. The molecule has 0 aliphatic carbocycles. The van der Waals surface area contributed by atoms with Crippen LogP contribution in [0.25, 0.3) is 11.4 Å². The predicted molar refractivity (Wildman–Crippen MR) is 99.2 cm³/mol. The number of carboxylic acid groups (broad SMARTS) is 1. The molecule has 1 aromatic carbocycles. The fraction of sp³-hybridized carbons (Fsp3) is 0.500. The van der Waals surface area contributed by atoms with E-state index in [0.717, 1.165) is 0 Å². The van der Waals surface area contributed by atoms with Crippen LogP contribution in [0.2, 0.25) is 0 Å². The van der Waals surface area contributed by atoms with Gasteiger partial charge in [0.1, 0.15) is 0 Å². The Morgan fingerprint density at radius 1 is 1.33 bits per heavy atom. The van der Waals surface area contributed by atoms with Crippen molar-refractivity contribution in [1.29, 1.82) is 0 Å². The molecule has 1 aromatic heterocycles. The first-order valence-corrected chi connectivity index (χ1v) is 9.18. The molecule has 1 aliphatic heterocycles. The monoisotopic (exact) mass is 371 g/mol. The van der Waals surface area contributed by atoms with E-state index in [0.29, 0.717) is 48.6 Å². The summed E-state index contributed by atoms with van der Waals surface area (Å²) in [7, 11) is 0. The molecular weight excluding hydrogens is 346 g/mol. The first kappa shape index (κ1) is 19.1. The third kappa shape index (κ3) is 4.72. The number of nitrogens with zero attached hydrogens (tertiary/aromatic N) is 3. The van der Waals surface area contributed by atoms with Gasteiger partial charge in [-0.15, -0.1) is 0 Å². The van der Waals surface area contributed by atoms with E-state index in [-0.39, 0.29) is 17.9 Å². The Balaban J connectivity index is 1.77. The van der Waals surface area contributed by atoms with Gasteiger partial charge in [0.25, 0.3) is 5.91 Å². The van der Waals surface area contributed by atoms with Gasteiger partial charge in [0, 0.05) is 30.6 Å². The second-order valence-corrected chi connectivity index (χ2v) is 8.26. The lowest BCUT2D eigenvalue weighted by Crippen LogP contribution is -2.42. The van der Waals surface area contributed by atoms with E-state index in [1.165, 1.54) is 0 Å². The van der Waals surface area contributed by atoms with Crippen LogP contribution in [0.1, 0.15) is 49.9 Å². The number of hydrogen-bond donors (Lipinski definition) is 1. The molecule has 7 nitrogen and oxygen atoms in total. The van der Waals surface area contributed by atoms with Crippen LogP contribution in [0.5, 0.6) is 0 Å². The lowest BCUT2D eigenvalue weighted by Gasteiger charge is -2.30. The van der Waals surface area contributed by atoms with Crippen molar-refractivity contribution in [3.8, 4) is 11.4 Å². The van der Waals surface area contributed by atoms with Crippen molar-refractivity contribution in [3.05, 3.63) is 35.7 Å². The van der Waals surface area contributed by atoms with E-state index in [9.17, 15) is 14.7 Å². The van der Waals surface area contributed by atoms with Crippen molar-refractivity contribution in [2.75, 3.05) is 13.1 Å². The van der Waals surface area contributed by atoms with Gasteiger partial charge in [0.2, 0.25) is 11.7 Å². The normalized spacial score (nSPS) is 17.7. The highest BCUT2D eigenvalue weighted by molar-refractivity contribution is 5.95. The summed E-state index contributed by atoms with van der Waals surface area (Å²) in [4.78, 5) is 30.1. The van der Waals surface area contributed by atoms with Crippen molar-refractivity contribution < 1.29 is 19.2 Å². The number of likely N-dealkylation sites (tertiary alicyclic amines) is 1. The van der Waals surface area contributed by atoms with Crippen LogP contribution < -0.4 is 0 Å². The second-order valence-electron chi connectivity index (χ2n) is 8.26. The van der Waals surface area contributed by atoms with Crippen molar-refractivity contribution >= 4 is 11.9 Å². The molecule has 1 aliphatic rings. The van der Waals surface area contributed by atoms with Crippen molar-refractivity contribution in [3.63, 3.8) is 0 Å². The topological polar surface area (TPSA) is 96.5 Å². The van der Waals surface area contributed by atoms with E-state index >= 15 is 0 Å². The maximum absolute atomic E-state index is 12.8. The van der Waals surface area contributed by atoms with E-state index in [4.69, 9.17) is 4.52 Å². The van der Waals surface area contributed by atoms with Crippen LogP contribution in [0.4, 0.5) is 0 Å². The number of hydrogen-bond acceptors (Lipinski definition) is 5. The molecule has 0 radical (unpaired) electrons. The number of aliphatic carboxylic acids is 1. The Morgan fingerprint density at radius 2 is 2.11 bits per heavy atom. The number of carbonyl (C=O) groups excluding carboxylic acids is 1. The quantitative estimate of drug-likeness (QED) is 0.886. The van der Waals surface area contributed by atoms with Gasteiger partial charge in [0.15, 0.2) is 0 Å². The molecule has 2 aromatic rings. The number of rotatable bonds is 4. The summed E-state index contributed by atoms with van der Waals surface area (Å²) in [5.74, 6) is -0.496. The molecule has 3 rings (SSSR count). The minimum atomic E-state index is -0.848. The van der Waals surface area contributed by atoms with Gasteiger partial charge in [-0.05, 0) is 30.4 Å². The van der Waals surface area contributed by atoms with Gasteiger partial charge >= 0.3 is 5.97 Å². The third-order valence-electron chi connectivity index (χ3n) is 4.58. The van der Waals surface area contributed by atoms with Gasteiger partial charge in [-0.25, -0.2) is 0 Å². The number of aromatic nitrogens is 2. The lowest BCUT2D eigenvalue weighted by molar-refractivity contribution is -0.143. The standard InChI is InChI=1S/C20H25N3O4/c1-20(2,3)11-16-21-17(22-27-16)13-6-4-7-14(10-13)18(24)23-9-5-8-15(12-23)19(25)26/h4,6-7,10,15H,5,8-9,11-12H2,1-3H3,(H,25,26). The number of piperidine rings is 1. The molecule has 0 bridgehead atoms. The highest BCUT2D eigenvalue weighted by atomic mass is 16.5. The number of benzene rings is 1. The van der Waals surface area contributed by atoms with Crippen molar-refractivity contribution in [2.24, 2.45) is 11.3 Å². The zero-order valence-electron chi connectivity index (χ0n) is 15.9. The minimum Gasteiger partial charge on any atom is -0.481 e. The Labute approximate surface area is 158 Å². The molecule has 0 saturated carbocycles. The third-order valence-corrected chi connectivity index (χ3v) is 4.58. The molecule has 1 atom stereocenters. The predicted octanol–water partition coefficient (Wildman–Crippen LogP) is 3.26. The first-order valence-electron chi connectivity index (χ1n) is 9.18. The molecule has 1 unspecified atom stereocenters. The lowest BCUT2D eigenvalue weighted by atomic mass is 9.92. The van der Waals surface area contributed by atoms with Crippen molar-refractivity contribution in [2.45, 2.75) is 40.0 Å². The molecule has 144 valence electrons. The van der Waals surface area contributed by atoms with Crippen LogP contribution in [0.15, 0.2) is 28.8 Å². The van der Waals surface area contributed by atoms with Gasteiger partial charge in [-0.1, -0.05) is 38.1 Å². The SMILES string of the molecule is CC(C)(C)Cc1nc(-c2cccc(C(=O)N3CCCC(C(=O)O)C3)c2)no1. The summed E-state index contributed by atoms with van der Waals surface area (Å²) in [6.07, 6.45) is 1.98. The van der Waals surface area contributed by atoms with Crippen LogP contribution in [0.3, 0.4) is 0 Å². The molecule has 27 heavy (non-hydrogen) atoms. The largest absolute Gasteiger partial charge is 0.481 e. The zero-order chi connectivity index (χ0) is 19.6. The summed E-state index contributed by atoms with van der Waals surface area (Å²) in [6.45, 7) is 7.11. The summed E-state index contributed by atoms with van der Waals surface area (Å²) in [5.41, 5.74) is 1.24. The summed E-state index contributed by atoms with van der Waals surface area (Å²) < 4.78 is 5.33. The zero-order valence-corrected chi connectivity index (χ0v) is 15.9. The fourth-order valence-corrected chi connectivity index (χ4v) is 3.23. The van der Waals surface area contributed by atoms with E-state index in [2.05, 4.69) is 30.9 Å². The smallest absolute Gasteiger partial charge is 0.308 e. The van der Waals surface area contributed by atoms with Crippen LogP contribution in [0, 0.1) is 11.3 Å². The highest BCUT2D eigenvalue weighted by Crippen LogP contribution is 2.24. The van der Waals surface area contributed by atoms with Crippen LogP contribution in [-0.2, 0) is 11.2 Å². The van der Waals surface area contributed by atoms with Gasteiger partial charge < -0.3 is 14.5 Å². The second kappa shape index (κ2) is 7.50. The molecular formula is C20H25N3O4. The molecule has 1 N–H and O–H groups in total. The maximum atomic E-state index is 12.8. The molecule has 1 amide bonds. The van der Waals surface area contributed by atoms with E-state index in [1.807, 2.05) is 6.07 Å². The molecule has 1 saturated heterocycles. The van der Waals surface area contributed by atoms with Crippen LogP contribution >= 0.6 is 0 Å². The average molecular weight is 371 g/mol. The molecule has 1 fully saturated rings. The average Bonchev–Trinajstić information content (AvgIpc) is 3.08. The minimum absolute atomic E-state index is 0.0383. The Bertz CT molecular complexity index is 838. The molecule has 2 heterocycles.